The molecule has 0 atom stereocenters. The lowest BCUT2D eigenvalue weighted by Gasteiger charge is -2.39. The van der Waals surface area contributed by atoms with Gasteiger partial charge in [-0.2, -0.15) is 5.06 Å². The maximum atomic E-state index is 5.83. The van der Waals surface area contributed by atoms with Crippen molar-refractivity contribution >= 4 is 0 Å². The molecule has 1 saturated heterocycles. The van der Waals surface area contributed by atoms with E-state index in [1.807, 2.05) is 0 Å². The Morgan fingerprint density at radius 1 is 1.08 bits per heavy atom. The van der Waals surface area contributed by atoms with Gasteiger partial charge in [0.15, 0.2) is 0 Å². The Kier molecular flexibility index (Phi) is 2.66. The Hall–Kier alpha value is -0.0800. The molecule has 1 aliphatic carbocycles. The summed E-state index contributed by atoms with van der Waals surface area (Å²) in [5, 5.41) is 2.14. The molecule has 2 aliphatic rings. The predicted octanol–water partition coefficient (Wildman–Crippen LogP) is 2.20. The van der Waals surface area contributed by atoms with Crippen LogP contribution in [-0.4, -0.2) is 24.3 Å². The second-order valence-electron chi connectivity index (χ2n) is 4.32. The van der Waals surface area contributed by atoms with Gasteiger partial charge >= 0.3 is 0 Å². The standard InChI is InChI=1S/C10H19NO/c1-9-7-11(8-9)12-10-5-3-2-4-6-10/h9-10H,2-8H2,1H3. The van der Waals surface area contributed by atoms with E-state index >= 15 is 0 Å². The van der Waals surface area contributed by atoms with E-state index < -0.39 is 0 Å². The molecule has 0 aromatic heterocycles. The summed E-state index contributed by atoms with van der Waals surface area (Å²) in [7, 11) is 0. The molecule has 0 unspecified atom stereocenters. The summed E-state index contributed by atoms with van der Waals surface area (Å²) < 4.78 is 0. The Morgan fingerprint density at radius 3 is 2.33 bits per heavy atom. The van der Waals surface area contributed by atoms with Gasteiger partial charge in [-0.05, 0) is 18.8 Å². The summed E-state index contributed by atoms with van der Waals surface area (Å²) in [6.07, 6.45) is 7.26. The third-order valence-electron chi connectivity index (χ3n) is 2.88. The zero-order valence-electron chi connectivity index (χ0n) is 7.96. The molecule has 2 fully saturated rings. The van der Waals surface area contributed by atoms with Crippen molar-refractivity contribution in [3.05, 3.63) is 0 Å². The average Bonchev–Trinajstić information content (AvgIpc) is 2.04. The van der Waals surface area contributed by atoms with Crippen LogP contribution < -0.4 is 0 Å². The molecular weight excluding hydrogens is 150 g/mol. The molecule has 12 heavy (non-hydrogen) atoms. The van der Waals surface area contributed by atoms with Gasteiger partial charge in [0, 0.05) is 13.1 Å². The fourth-order valence-corrected chi connectivity index (χ4v) is 2.11. The molecule has 0 radical (unpaired) electrons. The van der Waals surface area contributed by atoms with E-state index in [1.165, 1.54) is 32.1 Å². The first-order chi connectivity index (χ1) is 5.84. The Labute approximate surface area is 74.8 Å². The molecular formula is C10H19NO. The van der Waals surface area contributed by atoms with Gasteiger partial charge in [-0.3, -0.25) is 4.84 Å². The second kappa shape index (κ2) is 3.75. The molecule has 0 aromatic carbocycles. The van der Waals surface area contributed by atoms with E-state index in [2.05, 4.69) is 12.0 Å². The molecule has 0 bridgehead atoms. The normalized spacial score (nSPS) is 28.8. The van der Waals surface area contributed by atoms with Gasteiger partial charge in [0.2, 0.25) is 0 Å². The number of hydrogen-bond donors (Lipinski definition) is 0. The second-order valence-corrected chi connectivity index (χ2v) is 4.32. The zero-order chi connectivity index (χ0) is 8.39. The van der Waals surface area contributed by atoms with E-state index in [0.29, 0.717) is 6.10 Å². The van der Waals surface area contributed by atoms with Crippen LogP contribution in [-0.2, 0) is 4.84 Å². The van der Waals surface area contributed by atoms with Gasteiger partial charge in [0.25, 0.3) is 0 Å². The van der Waals surface area contributed by atoms with Crippen molar-refractivity contribution in [2.75, 3.05) is 13.1 Å². The van der Waals surface area contributed by atoms with Gasteiger partial charge in [-0.15, -0.1) is 0 Å². The van der Waals surface area contributed by atoms with E-state index in [4.69, 9.17) is 4.84 Å². The molecule has 1 saturated carbocycles. The fraction of sp³-hybridized carbons (Fsp3) is 1.00. The molecule has 1 heterocycles. The average molecular weight is 169 g/mol. The van der Waals surface area contributed by atoms with E-state index in [9.17, 15) is 0 Å². The van der Waals surface area contributed by atoms with Crippen LogP contribution in [0.15, 0.2) is 0 Å². The van der Waals surface area contributed by atoms with Crippen LogP contribution in [0.3, 0.4) is 0 Å². The summed E-state index contributed by atoms with van der Waals surface area (Å²) in [6.45, 7) is 4.58. The summed E-state index contributed by atoms with van der Waals surface area (Å²) in [5.41, 5.74) is 0. The number of rotatable bonds is 2. The molecule has 70 valence electrons. The van der Waals surface area contributed by atoms with Crippen molar-refractivity contribution in [3.8, 4) is 0 Å². The highest BCUT2D eigenvalue weighted by atomic mass is 16.7. The Balaban J connectivity index is 1.65. The molecule has 0 N–H and O–H groups in total. The first-order valence-corrected chi connectivity index (χ1v) is 5.26. The summed E-state index contributed by atoms with van der Waals surface area (Å²) in [6, 6.07) is 0. The van der Waals surface area contributed by atoms with Crippen LogP contribution in [0.1, 0.15) is 39.0 Å². The van der Waals surface area contributed by atoms with E-state index in [-0.39, 0.29) is 0 Å². The van der Waals surface area contributed by atoms with Crippen molar-refractivity contribution < 1.29 is 4.84 Å². The highest BCUT2D eigenvalue weighted by Gasteiger charge is 2.26. The van der Waals surface area contributed by atoms with Crippen LogP contribution in [0.25, 0.3) is 0 Å². The summed E-state index contributed by atoms with van der Waals surface area (Å²) in [5.74, 6) is 0.855. The van der Waals surface area contributed by atoms with Crippen LogP contribution in [0.2, 0.25) is 0 Å². The molecule has 2 heteroatoms. The predicted molar refractivity (Wildman–Crippen MR) is 48.7 cm³/mol. The van der Waals surface area contributed by atoms with Crippen LogP contribution >= 0.6 is 0 Å². The highest BCUT2D eigenvalue weighted by molar-refractivity contribution is 4.71. The first kappa shape index (κ1) is 8.52. The van der Waals surface area contributed by atoms with Crippen LogP contribution in [0.4, 0.5) is 0 Å². The topological polar surface area (TPSA) is 12.5 Å². The lowest BCUT2D eigenvalue weighted by Crippen LogP contribution is -2.47. The lowest BCUT2D eigenvalue weighted by atomic mass is 9.98. The highest BCUT2D eigenvalue weighted by Crippen LogP contribution is 2.24. The minimum absolute atomic E-state index is 0.547. The van der Waals surface area contributed by atoms with Gasteiger partial charge in [0.05, 0.1) is 6.10 Å². The molecule has 0 aromatic rings. The number of hydroxylamine groups is 2. The summed E-state index contributed by atoms with van der Waals surface area (Å²) in [4.78, 5) is 5.83. The third-order valence-corrected chi connectivity index (χ3v) is 2.88. The monoisotopic (exact) mass is 169 g/mol. The molecule has 0 spiro atoms. The smallest absolute Gasteiger partial charge is 0.0793 e. The van der Waals surface area contributed by atoms with Crippen molar-refractivity contribution in [2.45, 2.75) is 45.1 Å². The maximum Gasteiger partial charge on any atom is 0.0793 e. The van der Waals surface area contributed by atoms with E-state index in [0.717, 1.165) is 19.0 Å². The quantitative estimate of drug-likeness (QED) is 0.628. The SMILES string of the molecule is CC1CN(OC2CCCCC2)C1. The molecule has 2 rings (SSSR count). The third kappa shape index (κ3) is 1.99. The Bertz CT molecular complexity index is 137. The first-order valence-electron chi connectivity index (χ1n) is 5.26. The number of nitrogens with zero attached hydrogens (tertiary/aromatic N) is 1. The van der Waals surface area contributed by atoms with Gasteiger partial charge in [0.1, 0.15) is 0 Å². The largest absolute Gasteiger partial charge is 0.296 e. The molecule has 1 aliphatic heterocycles. The van der Waals surface area contributed by atoms with Crippen molar-refractivity contribution in [2.24, 2.45) is 5.92 Å². The Morgan fingerprint density at radius 2 is 1.75 bits per heavy atom. The van der Waals surface area contributed by atoms with Gasteiger partial charge in [-0.1, -0.05) is 26.2 Å². The minimum atomic E-state index is 0.547. The van der Waals surface area contributed by atoms with Gasteiger partial charge in [-0.25, -0.2) is 0 Å². The maximum absolute atomic E-state index is 5.83. The minimum Gasteiger partial charge on any atom is -0.296 e. The number of hydrogen-bond acceptors (Lipinski definition) is 2. The fourth-order valence-electron chi connectivity index (χ4n) is 2.11. The van der Waals surface area contributed by atoms with Crippen molar-refractivity contribution in [1.29, 1.82) is 0 Å². The zero-order valence-corrected chi connectivity index (χ0v) is 7.96. The van der Waals surface area contributed by atoms with Crippen LogP contribution in [0, 0.1) is 5.92 Å². The van der Waals surface area contributed by atoms with E-state index in [1.54, 1.807) is 0 Å². The van der Waals surface area contributed by atoms with Crippen LogP contribution in [0.5, 0.6) is 0 Å². The summed E-state index contributed by atoms with van der Waals surface area (Å²) >= 11 is 0. The lowest BCUT2D eigenvalue weighted by molar-refractivity contribution is -0.252. The van der Waals surface area contributed by atoms with Crippen molar-refractivity contribution in [3.63, 3.8) is 0 Å². The molecule has 0 amide bonds. The van der Waals surface area contributed by atoms with Crippen molar-refractivity contribution in [1.82, 2.24) is 5.06 Å². The molecule has 2 nitrogen and oxygen atoms in total. The van der Waals surface area contributed by atoms with Gasteiger partial charge < -0.3 is 0 Å².